The molecule has 0 aliphatic heterocycles. The van der Waals surface area contributed by atoms with Gasteiger partial charge in [0.2, 0.25) is 10.0 Å². The smallest absolute Gasteiger partial charge is 0.261 e. The van der Waals surface area contributed by atoms with Crippen molar-refractivity contribution in [2.24, 2.45) is 0 Å². The Bertz CT molecular complexity index is 1020. The Kier molecular flexibility index (Phi) is 7.33. The van der Waals surface area contributed by atoms with E-state index in [9.17, 15) is 16.8 Å². The highest BCUT2D eigenvalue weighted by molar-refractivity contribution is 7.92. The Hall–Kier alpha value is -1.81. The van der Waals surface area contributed by atoms with Crippen LogP contribution in [0.2, 0.25) is 5.02 Å². The largest absolute Gasteiger partial charge is 0.494 e. The average Bonchev–Trinajstić information content (AvgIpc) is 2.64. The number of anilines is 1. The second-order valence-corrected chi connectivity index (χ2v) is 9.74. The van der Waals surface area contributed by atoms with Crippen LogP contribution in [0.4, 0.5) is 5.69 Å². The predicted octanol–water partition coefficient (Wildman–Crippen LogP) is 3.57. The van der Waals surface area contributed by atoms with Crippen molar-refractivity contribution in [3.8, 4) is 5.75 Å². The van der Waals surface area contributed by atoms with Gasteiger partial charge in [0.15, 0.2) is 0 Å². The molecule has 154 valence electrons. The molecule has 0 heterocycles. The van der Waals surface area contributed by atoms with E-state index in [-0.39, 0.29) is 33.6 Å². The molecule has 1 N–H and O–H groups in total. The molecule has 0 unspecified atom stereocenters. The summed E-state index contributed by atoms with van der Waals surface area (Å²) in [5, 5.41) is 0.0240. The summed E-state index contributed by atoms with van der Waals surface area (Å²) >= 11 is 6.08. The fourth-order valence-corrected chi connectivity index (χ4v) is 5.57. The number of nitrogens with zero attached hydrogens (tertiary/aromatic N) is 1. The van der Waals surface area contributed by atoms with Crippen molar-refractivity contribution in [2.75, 3.05) is 24.4 Å². The van der Waals surface area contributed by atoms with Gasteiger partial charge < -0.3 is 4.74 Å². The summed E-state index contributed by atoms with van der Waals surface area (Å²) in [5.41, 5.74) is 0.101. The quantitative estimate of drug-likeness (QED) is 0.635. The van der Waals surface area contributed by atoms with Gasteiger partial charge in [0.1, 0.15) is 10.6 Å². The molecule has 0 saturated carbocycles. The lowest BCUT2D eigenvalue weighted by Crippen LogP contribution is -2.30. The molecule has 2 aromatic carbocycles. The number of benzene rings is 2. The third kappa shape index (κ3) is 4.96. The van der Waals surface area contributed by atoms with Gasteiger partial charge in [0.25, 0.3) is 10.0 Å². The van der Waals surface area contributed by atoms with Crippen LogP contribution >= 0.6 is 11.6 Å². The molecule has 7 nitrogen and oxygen atoms in total. The van der Waals surface area contributed by atoms with Crippen molar-refractivity contribution in [3.05, 3.63) is 47.5 Å². The zero-order valence-corrected chi connectivity index (χ0v) is 18.2. The van der Waals surface area contributed by atoms with E-state index < -0.39 is 20.0 Å². The molecule has 0 aliphatic rings. The molecule has 0 spiro atoms. The first-order valence-electron chi connectivity index (χ1n) is 8.71. The van der Waals surface area contributed by atoms with E-state index in [0.717, 1.165) is 0 Å². The van der Waals surface area contributed by atoms with Crippen LogP contribution in [-0.2, 0) is 20.0 Å². The lowest BCUT2D eigenvalue weighted by Gasteiger charge is -2.20. The minimum atomic E-state index is -3.91. The van der Waals surface area contributed by atoms with Gasteiger partial charge in [0, 0.05) is 13.1 Å². The third-order valence-corrected chi connectivity index (χ3v) is 7.88. The highest BCUT2D eigenvalue weighted by Gasteiger charge is 2.25. The van der Waals surface area contributed by atoms with Crippen LogP contribution < -0.4 is 9.46 Å². The molecule has 2 aromatic rings. The average molecular weight is 447 g/mol. The maximum Gasteiger partial charge on any atom is 0.261 e. The van der Waals surface area contributed by atoms with Gasteiger partial charge in [-0.1, -0.05) is 25.4 Å². The molecule has 0 radical (unpaired) electrons. The minimum absolute atomic E-state index is 0.0240. The molecule has 0 atom stereocenters. The standard InChI is InChI=1S/C18H23ClN2O5S2/c1-4-21(5-2)28(24,25)18-13-14(7-12-17(18)19)20-27(22,23)16-10-8-15(9-11-16)26-6-3/h7-13,20H,4-6H2,1-3H3. The number of nitrogens with one attached hydrogen (secondary N) is 1. The van der Waals surface area contributed by atoms with Gasteiger partial charge in [0.05, 0.1) is 22.2 Å². The normalized spacial score (nSPS) is 12.2. The van der Waals surface area contributed by atoms with Crippen molar-refractivity contribution in [3.63, 3.8) is 0 Å². The molecular weight excluding hydrogens is 424 g/mol. The fraction of sp³-hybridized carbons (Fsp3) is 0.333. The Morgan fingerprint density at radius 2 is 1.57 bits per heavy atom. The number of sulfonamides is 2. The van der Waals surface area contributed by atoms with Crippen LogP contribution in [0, 0.1) is 0 Å². The van der Waals surface area contributed by atoms with E-state index in [1.807, 2.05) is 6.92 Å². The number of ether oxygens (including phenoxy) is 1. The molecule has 0 amide bonds. The fourth-order valence-electron chi connectivity index (χ4n) is 2.56. The van der Waals surface area contributed by atoms with Crippen LogP contribution in [0.15, 0.2) is 52.3 Å². The maximum atomic E-state index is 12.8. The van der Waals surface area contributed by atoms with E-state index in [1.165, 1.54) is 34.6 Å². The van der Waals surface area contributed by atoms with E-state index in [1.54, 1.807) is 26.0 Å². The molecule has 0 bridgehead atoms. The van der Waals surface area contributed by atoms with Crippen molar-refractivity contribution >= 4 is 37.3 Å². The van der Waals surface area contributed by atoms with E-state index >= 15 is 0 Å². The van der Waals surface area contributed by atoms with Gasteiger partial charge in [-0.15, -0.1) is 0 Å². The molecule has 0 aliphatic carbocycles. The monoisotopic (exact) mass is 446 g/mol. The van der Waals surface area contributed by atoms with Crippen LogP contribution in [0.3, 0.4) is 0 Å². The summed E-state index contributed by atoms with van der Waals surface area (Å²) < 4.78 is 59.7. The van der Waals surface area contributed by atoms with E-state index in [4.69, 9.17) is 16.3 Å². The zero-order valence-electron chi connectivity index (χ0n) is 15.8. The second-order valence-electron chi connectivity index (χ2n) is 5.74. The first kappa shape index (κ1) is 22.5. The third-order valence-electron chi connectivity index (χ3n) is 3.95. The maximum absolute atomic E-state index is 12.8. The van der Waals surface area contributed by atoms with Crippen LogP contribution in [-0.4, -0.2) is 40.8 Å². The molecule has 0 aromatic heterocycles. The summed E-state index contributed by atoms with van der Waals surface area (Å²) in [4.78, 5) is -0.121. The zero-order chi connectivity index (χ0) is 20.9. The van der Waals surface area contributed by atoms with Crippen molar-refractivity contribution in [2.45, 2.75) is 30.6 Å². The number of hydrogen-bond acceptors (Lipinski definition) is 5. The van der Waals surface area contributed by atoms with Crippen molar-refractivity contribution in [1.82, 2.24) is 4.31 Å². The van der Waals surface area contributed by atoms with Gasteiger partial charge >= 0.3 is 0 Å². The summed E-state index contributed by atoms with van der Waals surface area (Å²) in [7, 11) is -7.75. The second kappa shape index (κ2) is 9.13. The summed E-state index contributed by atoms with van der Waals surface area (Å²) in [6, 6.07) is 9.92. The topological polar surface area (TPSA) is 92.8 Å². The summed E-state index contributed by atoms with van der Waals surface area (Å²) in [6.45, 7) is 6.28. The van der Waals surface area contributed by atoms with Crippen LogP contribution in [0.1, 0.15) is 20.8 Å². The lowest BCUT2D eigenvalue weighted by atomic mass is 10.3. The summed E-state index contributed by atoms with van der Waals surface area (Å²) in [6.07, 6.45) is 0. The number of rotatable bonds is 9. The Morgan fingerprint density at radius 1 is 0.964 bits per heavy atom. The number of halogens is 1. The van der Waals surface area contributed by atoms with Gasteiger partial charge in [-0.05, 0) is 49.4 Å². The Balaban J connectivity index is 2.36. The van der Waals surface area contributed by atoms with E-state index in [0.29, 0.717) is 12.4 Å². The van der Waals surface area contributed by atoms with Crippen LogP contribution in [0.5, 0.6) is 5.75 Å². The Labute approximate surface area is 171 Å². The molecule has 10 heteroatoms. The lowest BCUT2D eigenvalue weighted by molar-refractivity contribution is 0.340. The molecule has 2 rings (SSSR count). The highest BCUT2D eigenvalue weighted by atomic mass is 35.5. The van der Waals surface area contributed by atoms with Crippen LogP contribution in [0.25, 0.3) is 0 Å². The summed E-state index contributed by atoms with van der Waals surface area (Å²) in [5.74, 6) is 0.556. The molecule has 28 heavy (non-hydrogen) atoms. The van der Waals surface area contributed by atoms with E-state index in [2.05, 4.69) is 4.72 Å². The number of hydrogen-bond donors (Lipinski definition) is 1. The highest BCUT2D eigenvalue weighted by Crippen LogP contribution is 2.29. The molecule has 0 fully saturated rings. The SMILES string of the molecule is CCOc1ccc(S(=O)(=O)Nc2ccc(Cl)c(S(=O)(=O)N(CC)CC)c2)cc1. The molecular formula is C18H23ClN2O5S2. The van der Waals surface area contributed by atoms with Gasteiger partial charge in [-0.2, -0.15) is 4.31 Å². The first-order chi connectivity index (χ1) is 13.2. The molecule has 0 saturated heterocycles. The van der Waals surface area contributed by atoms with Crippen molar-refractivity contribution < 1.29 is 21.6 Å². The first-order valence-corrected chi connectivity index (χ1v) is 12.0. The Morgan fingerprint density at radius 3 is 2.11 bits per heavy atom. The predicted molar refractivity (Wildman–Crippen MR) is 110 cm³/mol. The van der Waals surface area contributed by atoms with Gasteiger partial charge in [-0.25, -0.2) is 16.8 Å². The minimum Gasteiger partial charge on any atom is -0.494 e. The van der Waals surface area contributed by atoms with Crippen molar-refractivity contribution in [1.29, 1.82) is 0 Å². The van der Waals surface area contributed by atoms with Gasteiger partial charge in [-0.3, -0.25) is 4.72 Å².